The largest absolute Gasteiger partial charge is 0.485 e. The van der Waals surface area contributed by atoms with Crippen LogP contribution in [0.1, 0.15) is 23.1 Å². The molecule has 1 saturated heterocycles. The summed E-state index contributed by atoms with van der Waals surface area (Å²) in [5, 5.41) is 2.83. The summed E-state index contributed by atoms with van der Waals surface area (Å²) in [6.45, 7) is 1.68. The van der Waals surface area contributed by atoms with Crippen molar-refractivity contribution in [2.75, 3.05) is 20.3 Å². The predicted molar refractivity (Wildman–Crippen MR) is 135 cm³/mol. The molecule has 7 nitrogen and oxygen atoms in total. The van der Waals surface area contributed by atoms with Crippen molar-refractivity contribution in [1.29, 1.82) is 0 Å². The topological polar surface area (TPSA) is 83.1 Å². The van der Waals surface area contributed by atoms with Crippen LogP contribution >= 0.6 is 0 Å². The molecule has 7 heteroatoms. The number of ether oxygens (including phenoxy) is 4. The van der Waals surface area contributed by atoms with E-state index in [1.54, 1.807) is 0 Å². The van der Waals surface area contributed by atoms with Crippen molar-refractivity contribution >= 4 is 11.9 Å². The van der Waals surface area contributed by atoms with Crippen LogP contribution in [0, 0.1) is 5.92 Å². The lowest BCUT2D eigenvalue weighted by Crippen LogP contribution is -2.45. The minimum Gasteiger partial charge on any atom is -0.485 e. The van der Waals surface area contributed by atoms with E-state index in [0.717, 1.165) is 16.7 Å². The number of amides is 1. The first-order valence-corrected chi connectivity index (χ1v) is 12.0. The van der Waals surface area contributed by atoms with E-state index in [1.165, 1.54) is 7.11 Å². The van der Waals surface area contributed by atoms with Crippen molar-refractivity contribution in [3.8, 4) is 11.5 Å². The van der Waals surface area contributed by atoms with E-state index in [9.17, 15) is 9.59 Å². The fourth-order valence-corrected chi connectivity index (χ4v) is 3.98. The number of rotatable bonds is 11. The minimum absolute atomic E-state index is 0.203. The third-order valence-corrected chi connectivity index (χ3v) is 6.02. The van der Waals surface area contributed by atoms with Crippen LogP contribution in [0.3, 0.4) is 0 Å². The van der Waals surface area contributed by atoms with Gasteiger partial charge in [0.2, 0.25) is 5.91 Å². The number of hydrogen-bond acceptors (Lipinski definition) is 6. The molecule has 1 heterocycles. The van der Waals surface area contributed by atoms with Gasteiger partial charge in [-0.15, -0.1) is 0 Å². The molecular formula is C29H31NO6. The van der Waals surface area contributed by atoms with Gasteiger partial charge in [-0.1, -0.05) is 66.7 Å². The Labute approximate surface area is 211 Å². The van der Waals surface area contributed by atoms with Gasteiger partial charge in [-0.05, 0) is 35.2 Å². The highest BCUT2D eigenvalue weighted by atomic mass is 16.5. The average molecular weight is 490 g/mol. The van der Waals surface area contributed by atoms with Gasteiger partial charge in [-0.3, -0.25) is 4.79 Å². The number of carbonyl (C=O) groups excluding carboxylic acids is 2. The molecule has 0 unspecified atom stereocenters. The van der Waals surface area contributed by atoms with Gasteiger partial charge in [0.1, 0.15) is 19.3 Å². The zero-order valence-electron chi connectivity index (χ0n) is 20.4. The van der Waals surface area contributed by atoms with Crippen LogP contribution in [-0.2, 0) is 38.7 Å². The van der Waals surface area contributed by atoms with E-state index in [0.29, 0.717) is 44.3 Å². The number of benzene rings is 3. The van der Waals surface area contributed by atoms with Gasteiger partial charge in [0.25, 0.3) is 0 Å². The normalized spacial score (nSPS) is 15.6. The summed E-state index contributed by atoms with van der Waals surface area (Å²) in [6, 6.07) is 24.5. The first-order chi connectivity index (χ1) is 17.6. The molecule has 3 aromatic carbocycles. The van der Waals surface area contributed by atoms with Crippen molar-refractivity contribution in [2.45, 2.75) is 32.1 Å². The van der Waals surface area contributed by atoms with Crippen molar-refractivity contribution in [3.05, 3.63) is 95.6 Å². The quantitative estimate of drug-likeness (QED) is 0.409. The zero-order valence-corrected chi connectivity index (χ0v) is 20.4. The Morgan fingerprint density at radius 1 is 0.889 bits per heavy atom. The maximum Gasteiger partial charge on any atom is 0.328 e. The summed E-state index contributed by atoms with van der Waals surface area (Å²) in [4.78, 5) is 25.1. The predicted octanol–water partition coefficient (Wildman–Crippen LogP) is 4.08. The summed E-state index contributed by atoms with van der Waals surface area (Å²) in [6.07, 6.45) is 0.900. The van der Waals surface area contributed by atoms with Gasteiger partial charge in [-0.2, -0.15) is 0 Å². The highest BCUT2D eigenvalue weighted by molar-refractivity contribution is 5.86. The van der Waals surface area contributed by atoms with Crippen LogP contribution in [0.15, 0.2) is 78.9 Å². The highest BCUT2D eigenvalue weighted by Crippen LogP contribution is 2.31. The van der Waals surface area contributed by atoms with Gasteiger partial charge in [-0.25, -0.2) is 4.79 Å². The smallest absolute Gasteiger partial charge is 0.328 e. The van der Waals surface area contributed by atoms with Crippen LogP contribution in [-0.4, -0.2) is 38.2 Å². The molecule has 1 aliphatic rings. The summed E-state index contributed by atoms with van der Waals surface area (Å²) in [5.74, 6) is 0.201. The van der Waals surface area contributed by atoms with Gasteiger partial charge in [0.15, 0.2) is 11.5 Å². The van der Waals surface area contributed by atoms with E-state index in [1.807, 2.05) is 78.9 Å². The van der Waals surface area contributed by atoms with Crippen molar-refractivity contribution in [1.82, 2.24) is 5.32 Å². The van der Waals surface area contributed by atoms with Crippen molar-refractivity contribution < 1.29 is 28.5 Å². The molecule has 0 aliphatic carbocycles. The first-order valence-electron chi connectivity index (χ1n) is 12.0. The standard InChI is InChI=1S/C29H31NO6/c1-33-29(32)25(30-28(31)24-14-15-34-20-24)16-23-12-13-26(35-18-21-8-4-2-5-9-21)27(17-23)36-19-22-10-6-3-7-11-22/h2-13,17,24-25H,14-16,18-20H2,1H3,(H,30,31)/t24-,25+/m1/s1. The Bertz CT molecular complexity index is 1130. The minimum atomic E-state index is -0.818. The molecule has 0 radical (unpaired) electrons. The molecule has 4 rings (SSSR count). The highest BCUT2D eigenvalue weighted by Gasteiger charge is 2.29. The Kier molecular flexibility index (Phi) is 8.94. The molecule has 1 aliphatic heterocycles. The van der Waals surface area contributed by atoms with E-state index in [2.05, 4.69) is 5.32 Å². The molecule has 1 N–H and O–H groups in total. The van der Waals surface area contributed by atoms with E-state index >= 15 is 0 Å². The monoisotopic (exact) mass is 489 g/mol. The second-order valence-corrected chi connectivity index (χ2v) is 8.68. The molecule has 36 heavy (non-hydrogen) atoms. The van der Waals surface area contributed by atoms with Crippen molar-refractivity contribution in [2.24, 2.45) is 5.92 Å². The molecule has 188 valence electrons. The van der Waals surface area contributed by atoms with Crippen LogP contribution in [0.5, 0.6) is 11.5 Å². The Balaban J connectivity index is 1.51. The summed E-state index contributed by atoms with van der Waals surface area (Å²) in [7, 11) is 1.31. The Hall–Kier alpha value is -3.84. The molecule has 1 amide bonds. The molecule has 1 fully saturated rings. The lowest BCUT2D eigenvalue weighted by molar-refractivity contribution is -0.145. The van der Waals surface area contributed by atoms with Crippen molar-refractivity contribution in [3.63, 3.8) is 0 Å². The lowest BCUT2D eigenvalue weighted by Gasteiger charge is -2.20. The Morgan fingerprint density at radius 3 is 2.11 bits per heavy atom. The third kappa shape index (κ3) is 7.09. The second kappa shape index (κ2) is 12.7. The number of carbonyl (C=O) groups is 2. The van der Waals surface area contributed by atoms with E-state index in [4.69, 9.17) is 18.9 Å². The summed E-state index contributed by atoms with van der Waals surface area (Å²) < 4.78 is 22.5. The Morgan fingerprint density at radius 2 is 1.53 bits per heavy atom. The number of methoxy groups -OCH3 is 1. The van der Waals surface area contributed by atoms with Crippen LogP contribution in [0.2, 0.25) is 0 Å². The SMILES string of the molecule is COC(=O)[C@H](Cc1ccc(OCc2ccccc2)c(OCc2ccccc2)c1)NC(=O)[C@@H]1CCOC1. The summed E-state index contributed by atoms with van der Waals surface area (Å²) in [5.41, 5.74) is 2.87. The molecular weight excluding hydrogens is 458 g/mol. The lowest BCUT2D eigenvalue weighted by atomic mass is 10.0. The van der Waals surface area contributed by atoms with Crippen LogP contribution < -0.4 is 14.8 Å². The maximum atomic E-state index is 12.6. The van der Waals surface area contributed by atoms with Crippen LogP contribution in [0.25, 0.3) is 0 Å². The first kappa shape index (κ1) is 25.3. The van der Waals surface area contributed by atoms with Gasteiger partial charge >= 0.3 is 5.97 Å². The molecule has 3 aromatic rings. The number of hydrogen-bond donors (Lipinski definition) is 1. The van der Waals surface area contributed by atoms with Gasteiger partial charge in [0, 0.05) is 13.0 Å². The molecule has 0 saturated carbocycles. The summed E-state index contributed by atoms with van der Waals surface area (Å²) >= 11 is 0. The fourth-order valence-electron chi connectivity index (χ4n) is 3.98. The third-order valence-electron chi connectivity index (χ3n) is 6.02. The molecule has 2 atom stereocenters. The van der Waals surface area contributed by atoms with Gasteiger partial charge in [0.05, 0.1) is 19.6 Å². The maximum absolute atomic E-state index is 12.6. The van der Waals surface area contributed by atoms with Crippen LogP contribution in [0.4, 0.5) is 0 Å². The van der Waals surface area contributed by atoms with E-state index in [-0.39, 0.29) is 18.2 Å². The van der Waals surface area contributed by atoms with E-state index < -0.39 is 12.0 Å². The zero-order chi connectivity index (χ0) is 25.2. The molecule has 0 aromatic heterocycles. The molecule has 0 bridgehead atoms. The fraction of sp³-hybridized carbons (Fsp3) is 0.310. The number of nitrogens with one attached hydrogen (secondary N) is 1. The average Bonchev–Trinajstić information content (AvgIpc) is 3.47. The van der Waals surface area contributed by atoms with Gasteiger partial charge < -0.3 is 24.3 Å². The number of esters is 1. The second-order valence-electron chi connectivity index (χ2n) is 8.68. The molecule has 0 spiro atoms.